The lowest BCUT2D eigenvalue weighted by Gasteiger charge is -2.17. The highest BCUT2D eigenvalue weighted by molar-refractivity contribution is 5.69. The van der Waals surface area contributed by atoms with E-state index in [1.165, 1.54) is 13.0 Å². The fraction of sp³-hybridized carbons (Fsp3) is 0.238. The van der Waals surface area contributed by atoms with Crippen LogP contribution in [-0.4, -0.2) is 20.8 Å². The molecule has 1 N–H and O–H groups in total. The van der Waals surface area contributed by atoms with E-state index in [4.69, 9.17) is 0 Å². The van der Waals surface area contributed by atoms with Crippen molar-refractivity contribution in [1.29, 1.82) is 0 Å². The van der Waals surface area contributed by atoms with E-state index in [0.29, 0.717) is 16.6 Å². The number of nitrogens with zero attached hydrogens (tertiary/aromatic N) is 2. The minimum absolute atomic E-state index is 0.0518. The maximum atomic E-state index is 12.9. The summed E-state index contributed by atoms with van der Waals surface area (Å²) in [4.78, 5) is 17.2. The SMILES string of the molecule is Cc1nc(-c2ccccc2O)c(CCc2ccccc2)c(=O)n1CC(F)(F)F. The van der Waals surface area contributed by atoms with Crippen LogP contribution in [0.25, 0.3) is 11.3 Å². The average Bonchev–Trinajstić information content (AvgIpc) is 2.65. The molecule has 1 heterocycles. The zero-order chi connectivity index (χ0) is 20.3. The molecule has 0 saturated heterocycles. The Morgan fingerprint density at radius 3 is 2.29 bits per heavy atom. The Hall–Kier alpha value is -3.09. The maximum Gasteiger partial charge on any atom is 0.406 e. The number of aryl methyl sites for hydroxylation is 2. The van der Waals surface area contributed by atoms with Crippen molar-refractivity contribution in [1.82, 2.24) is 9.55 Å². The van der Waals surface area contributed by atoms with E-state index in [2.05, 4.69) is 4.98 Å². The minimum atomic E-state index is -4.54. The number of benzene rings is 2. The van der Waals surface area contributed by atoms with E-state index < -0.39 is 18.3 Å². The number of rotatable bonds is 5. The smallest absolute Gasteiger partial charge is 0.406 e. The predicted molar refractivity (Wildman–Crippen MR) is 100 cm³/mol. The first-order valence-electron chi connectivity index (χ1n) is 8.75. The van der Waals surface area contributed by atoms with Crippen LogP contribution < -0.4 is 5.56 Å². The summed E-state index contributed by atoms with van der Waals surface area (Å²) in [6.07, 6.45) is -3.87. The Labute approximate surface area is 159 Å². The van der Waals surface area contributed by atoms with Gasteiger partial charge in [-0.25, -0.2) is 4.98 Å². The van der Waals surface area contributed by atoms with Crippen molar-refractivity contribution < 1.29 is 18.3 Å². The van der Waals surface area contributed by atoms with Gasteiger partial charge in [0.05, 0.1) is 5.69 Å². The highest BCUT2D eigenvalue weighted by atomic mass is 19.4. The average molecular weight is 388 g/mol. The van der Waals surface area contributed by atoms with Crippen LogP contribution in [0.5, 0.6) is 5.75 Å². The van der Waals surface area contributed by atoms with E-state index in [1.807, 2.05) is 30.3 Å². The topological polar surface area (TPSA) is 55.1 Å². The van der Waals surface area contributed by atoms with Crippen LogP contribution >= 0.6 is 0 Å². The quantitative estimate of drug-likeness (QED) is 0.710. The third-order valence-corrected chi connectivity index (χ3v) is 4.46. The summed E-state index contributed by atoms with van der Waals surface area (Å²) >= 11 is 0. The number of aromatic nitrogens is 2. The van der Waals surface area contributed by atoms with Gasteiger partial charge in [-0.3, -0.25) is 9.36 Å². The van der Waals surface area contributed by atoms with Gasteiger partial charge in [-0.05, 0) is 37.5 Å². The predicted octanol–water partition coefficient (Wildman–Crippen LogP) is 4.27. The van der Waals surface area contributed by atoms with Gasteiger partial charge in [-0.2, -0.15) is 13.2 Å². The van der Waals surface area contributed by atoms with Crippen LogP contribution in [0.1, 0.15) is 17.0 Å². The molecule has 146 valence electrons. The first-order chi connectivity index (χ1) is 13.3. The molecule has 7 heteroatoms. The highest BCUT2D eigenvalue weighted by Crippen LogP contribution is 2.30. The van der Waals surface area contributed by atoms with Crippen molar-refractivity contribution in [3.63, 3.8) is 0 Å². The molecule has 0 aliphatic heterocycles. The zero-order valence-corrected chi connectivity index (χ0v) is 15.2. The van der Waals surface area contributed by atoms with Gasteiger partial charge in [0.25, 0.3) is 5.56 Å². The number of phenolic OH excluding ortho intramolecular Hbond substituents is 1. The fourth-order valence-corrected chi connectivity index (χ4v) is 3.10. The second-order valence-corrected chi connectivity index (χ2v) is 6.50. The van der Waals surface area contributed by atoms with E-state index >= 15 is 0 Å². The minimum Gasteiger partial charge on any atom is -0.507 e. The summed E-state index contributed by atoms with van der Waals surface area (Å²) in [6.45, 7) is -0.0400. The van der Waals surface area contributed by atoms with Crippen molar-refractivity contribution >= 4 is 0 Å². The summed E-state index contributed by atoms with van der Waals surface area (Å²) in [5.74, 6) is -0.132. The normalized spacial score (nSPS) is 11.6. The molecular formula is C21H19F3N2O2. The van der Waals surface area contributed by atoms with E-state index in [9.17, 15) is 23.1 Å². The summed E-state index contributed by atoms with van der Waals surface area (Å²) in [6, 6.07) is 15.7. The second-order valence-electron chi connectivity index (χ2n) is 6.50. The second kappa shape index (κ2) is 7.88. The molecule has 0 saturated carbocycles. The Balaban J connectivity index is 2.13. The molecule has 3 rings (SSSR count). The molecule has 28 heavy (non-hydrogen) atoms. The molecular weight excluding hydrogens is 369 g/mol. The van der Waals surface area contributed by atoms with Crippen LogP contribution in [0.2, 0.25) is 0 Å². The molecule has 4 nitrogen and oxygen atoms in total. The van der Waals surface area contributed by atoms with Crippen molar-refractivity contribution in [2.24, 2.45) is 0 Å². The number of hydrogen-bond acceptors (Lipinski definition) is 3. The Bertz CT molecular complexity index is 1030. The first kappa shape index (κ1) is 19.7. The van der Waals surface area contributed by atoms with Gasteiger partial charge in [0.15, 0.2) is 0 Å². The van der Waals surface area contributed by atoms with Crippen molar-refractivity contribution in [2.75, 3.05) is 0 Å². The summed E-state index contributed by atoms with van der Waals surface area (Å²) in [5.41, 5.74) is 0.909. The fourth-order valence-electron chi connectivity index (χ4n) is 3.10. The van der Waals surface area contributed by atoms with E-state index in [0.717, 1.165) is 5.56 Å². The van der Waals surface area contributed by atoms with Crippen molar-refractivity contribution in [3.8, 4) is 17.0 Å². The summed E-state index contributed by atoms with van der Waals surface area (Å²) in [5, 5.41) is 10.2. The third kappa shape index (κ3) is 4.42. The van der Waals surface area contributed by atoms with Crippen molar-refractivity contribution in [3.05, 3.63) is 81.9 Å². The van der Waals surface area contributed by atoms with Crippen LogP contribution in [0.4, 0.5) is 13.2 Å². The number of halogens is 3. The number of alkyl halides is 3. The van der Waals surface area contributed by atoms with E-state index in [1.54, 1.807) is 18.2 Å². The molecule has 3 aromatic rings. The number of phenols is 1. The molecule has 0 fully saturated rings. The molecule has 2 aromatic carbocycles. The molecule has 1 aromatic heterocycles. The number of hydrogen-bond donors (Lipinski definition) is 1. The Kier molecular flexibility index (Phi) is 5.53. The molecule has 0 aliphatic carbocycles. The van der Waals surface area contributed by atoms with Gasteiger partial charge in [0.1, 0.15) is 18.1 Å². The van der Waals surface area contributed by atoms with Crippen LogP contribution in [0.3, 0.4) is 0 Å². The Morgan fingerprint density at radius 2 is 1.64 bits per heavy atom. The van der Waals surface area contributed by atoms with Crippen LogP contribution in [0, 0.1) is 6.92 Å². The lowest BCUT2D eigenvalue weighted by atomic mass is 9.99. The largest absolute Gasteiger partial charge is 0.507 e. The summed E-state index contributed by atoms with van der Waals surface area (Å²) in [7, 11) is 0. The first-order valence-corrected chi connectivity index (χ1v) is 8.75. The van der Waals surface area contributed by atoms with Crippen molar-refractivity contribution in [2.45, 2.75) is 32.5 Å². The van der Waals surface area contributed by atoms with Gasteiger partial charge >= 0.3 is 6.18 Å². The van der Waals surface area contributed by atoms with Gasteiger partial charge in [0.2, 0.25) is 0 Å². The maximum absolute atomic E-state index is 12.9. The molecule has 0 spiro atoms. The Morgan fingerprint density at radius 1 is 1.00 bits per heavy atom. The van der Waals surface area contributed by atoms with Crippen LogP contribution in [0.15, 0.2) is 59.4 Å². The van der Waals surface area contributed by atoms with Gasteiger partial charge in [-0.15, -0.1) is 0 Å². The molecule has 0 bridgehead atoms. The molecule has 0 radical (unpaired) electrons. The third-order valence-electron chi connectivity index (χ3n) is 4.46. The molecule has 0 aliphatic rings. The number of aromatic hydroxyl groups is 1. The molecule has 0 atom stereocenters. The lowest BCUT2D eigenvalue weighted by Crippen LogP contribution is -2.33. The lowest BCUT2D eigenvalue weighted by molar-refractivity contribution is -0.141. The monoisotopic (exact) mass is 388 g/mol. The van der Waals surface area contributed by atoms with Crippen LogP contribution in [-0.2, 0) is 19.4 Å². The van der Waals surface area contributed by atoms with Gasteiger partial charge < -0.3 is 5.11 Å². The molecule has 0 amide bonds. The molecule has 0 unspecified atom stereocenters. The van der Waals surface area contributed by atoms with Gasteiger partial charge in [0, 0.05) is 11.1 Å². The highest BCUT2D eigenvalue weighted by Gasteiger charge is 2.30. The number of para-hydroxylation sites is 1. The van der Waals surface area contributed by atoms with Gasteiger partial charge in [-0.1, -0.05) is 42.5 Å². The zero-order valence-electron chi connectivity index (χ0n) is 15.2. The van der Waals surface area contributed by atoms with E-state index in [-0.39, 0.29) is 29.3 Å². The standard InChI is InChI=1S/C21H19F3N2O2/c1-14-25-19(16-9-5-6-10-18(16)27)17(12-11-15-7-3-2-4-8-15)20(28)26(14)13-21(22,23)24/h2-10,27H,11-13H2,1H3. The summed E-state index contributed by atoms with van der Waals surface area (Å²) < 4.78 is 39.5.